The lowest BCUT2D eigenvalue weighted by atomic mass is 10.2. The minimum Gasteiger partial charge on any atom is -0.326 e. The summed E-state index contributed by atoms with van der Waals surface area (Å²) >= 11 is 1.72. The van der Waals surface area contributed by atoms with Crippen molar-refractivity contribution in [2.45, 2.75) is 41.2 Å². The molecule has 2 N–H and O–H groups in total. The Bertz CT molecular complexity index is 663. The Balaban J connectivity index is 1.51. The van der Waals surface area contributed by atoms with E-state index in [4.69, 9.17) is 0 Å². The fourth-order valence-electron chi connectivity index (χ4n) is 2.07. The van der Waals surface area contributed by atoms with E-state index in [1.54, 1.807) is 12.1 Å². The van der Waals surface area contributed by atoms with Crippen molar-refractivity contribution in [3.8, 4) is 0 Å². The number of amides is 2. The van der Waals surface area contributed by atoms with Crippen molar-refractivity contribution >= 4 is 46.2 Å². The van der Waals surface area contributed by atoms with Gasteiger partial charge in [-0.3, -0.25) is 14.6 Å². The topological polar surface area (TPSA) is 70.6 Å². The summed E-state index contributed by atoms with van der Waals surface area (Å²) in [5.41, 5.74) is 0.508. The highest BCUT2D eigenvalue weighted by Gasteiger charge is 2.33. The molecule has 2 aliphatic rings. The van der Waals surface area contributed by atoms with Crippen LogP contribution in [-0.2, 0) is 9.59 Å². The number of aliphatic imine (C=N–C) groups is 1. The number of rotatable bonds is 6. The van der Waals surface area contributed by atoms with Gasteiger partial charge in [0.05, 0.1) is 6.04 Å². The number of thioether (sulfide) groups is 2. The normalized spacial score (nSPS) is 22.0. The molecule has 0 aromatic heterocycles. The largest absolute Gasteiger partial charge is 0.326 e. The van der Waals surface area contributed by atoms with E-state index in [0.717, 1.165) is 12.8 Å². The van der Waals surface area contributed by atoms with Gasteiger partial charge >= 0.3 is 0 Å². The van der Waals surface area contributed by atoms with Crippen LogP contribution < -0.4 is 10.6 Å². The van der Waals surface area contributed by atoms with Crippen molar-refractivity contribution in [3.05, 3.63) is 24.3 Å². The van der Waals surface area contributed by atoms with Crippen molar-refractivity contribution < 1.29 is 18.4 Å². The van der Waals surface area contributed by atoms with Gasteiger partial charge in [0.15, 0.2) is 5.17 Å². The standard InChI is InChI=1S/C15H15F2N3O2S2/c16-14(17)23-10-5-3-8(4-6-10)18-12(21)7-11-13(22)20-15(24-11)19-9-1-2-9/h3-6,9,11,14H,1-2,7H2,(H,18,21)(H,19,20,22)/t11-/m0/s1. The van der Waals surface area contributed by atoms with E-state index in [-0.39, 0.29) is 18.2 Å². The number of anilines is 1. The Morgan fingerprint density at radius 1 is 1.38 bits per heavy atom. The molecular weight excluding hydrogens is 356 g/mol. The van der Waals surface area contributed by atoms with Crippen molar-refractivity contribution in [3.63, 3.8) is 0 Å². The van der Waals surface area contributed by atoms with E-state index in [9.17, 15) is 18.4 Å². The second kappa shape index (κ2) is 7.52. The molecule has 9 heteroatoms. The quantitative estimate of drug-likeness (QED) is 0.754. The molecule has 2 fully saturated rings. The van der Waals surface area contributed by atoms with Gasteiger partial charge in [-0.25, -0.2) is 0 Å². The first-order chi connectivity index (χ1) is 11.5. The molecule has 0 radical (unpaired) electrons. The minimum atomic E-state index is -2.48. The molecule has 0 unspecified atom stereocenters. The number of amidine groups is 1. The van der Waals surface area contributed by atoms with Gasteiger partial charge in [-0.05, 0) is 37.1 Å². The van der Waals surface area contributed by atoms with Gasteiger partial charge in [-0.15, -0.1) is 0 Å². The van der Waals surface area contributed by atoms with Gasteiger partial charge in [-0.2, -0.15) is 8.78 Å². The van der Waals surface area contributed by atoms with Crippen LogP contribution in [0.1, 0.15) is 19.3 Å². The summed E-state index contributed by atoms with van der Waals surface area (Å²) in [5.74, 6) is -2.99. The predicted molar refractivity (Wildman–Crippen MR) is 91.5 cm³/mol. The van der Waals surface area contributed by atoms with Gasteiger partial charge in [0.25, 0.3) is 5.76 Å². The highest BCUT2D eigenvalue weighted by Crippen LogP contribution is 2.29. The molecule has 0 spiro atoms. The van der Waals surface area contributed by atoms with Gasteiger partial charge in [0, 0.05) is 17.0 Å². The van der Waals surface area contributed by atoms with Crippen LogP contribution in [0.25, 0.3) is 0 Å². The summed E-state index contributed by atoms with van der Waals surface area (Å²) in [6, 6.07) is 6.47. The van der Waals surface area contributed by atoms with Crippen molar-refractivity contribution in [2.24, 2.45) is 4.99 Å². The Morgan fingerprint density at radius 3 is 2.71 bits per heavy atom. The number of carbonyl (C=O) groups excluding carboxylic acids is 2. The molecule has 3 rings (SSSR count). The maximum absolute atomic E-state index is 12.3. The molecule has 128 valence electrons. The van der Waals surface area contributed by atoms with Gasteiger partial charge < -0.3 is 10.6 Å². The first kappa shape index (κ1) is 17.2. The lowest BCUT2D eigenvalue weighted by Crippen LogP contribution is -2.28. The van der Waals surface area contributed by atoms with Crippen LogP contribution in [0.4, 0.5) is 14.5 Å². The number of halogens is 2. The smallest absolute Gasteiger partial charge is 0.288 e. The van der Waals surface area contributed by atoms with Crippen LogP contribution in [0.2, 0.25) is 0 Å². The first-order valence-electron chi connectivity index (χ1n) is 7.39. The number of alkyl halides is 2. The van der Waals surface area contributed by atoms with E-state index in [2.05, 4.69) is 15.6 Å². The van der Waals surface area contributed by atoms with Crippen LogP contribution in [0, 0.1) is 0 Å². The summed E-state index contributed by atoms with van der Waals surface area (Å²) in [6.07, 6.45) is 2.13. The summed E-state index contributed by atoms with van der Waals surface area (Å²) in [7, 11) is 0. The molecular formula is C15H15F2N3O2S2. The van der Waals surface area contributed by atoms with E-state index in [1.807, 2.05) is 0 Å². The van der Waals surface area contributed by atoms with Crippen LogP contribution in [0.5, 0.6) is 0 Å². The van der Waals surface area contributed by atoms with E-state index in [0.29, 0.717) is 33.6 Å². The average molecular weight is 371 g/mol. The third-order valence-electron chi connectivity index (χ3n) is 3.36. The van der Waals surface area contributed by atoms with Crippen molar-refractivity contribution in [1.82, 2.24) is 5.32 Å². The molecule has 1 atom stereocenters. The Labute approximate surface area is 146 Å². The Kier molecular flexibility index (Phi) is 5.40. The lowest BCUT2D eigenvalue weighted by Gasteiger charge is -2.08. The maximum Gasteiger partial charge on any atom is 0.288 e. The average Bonchev–Trinajstić information content (AvgIpc) is 3.25. The monoisotopic (exact) mass is 371 g/mol. The van der Waals surface area contributed by atoms with Crippen LogP contribution in [0.15, 0.2) is 34.2 Å². The van der Waals surface area contributed by atoms with Crippen molar-refractivity contribution in [2.75, 3.05) is 5.32 Å². The van der Waals surface area contributed by atoms with Gasteiger partial charge in [-0.1, -0.05) is 23.5 Å². The second-order valence-electron chi connectivity index (χ2n) is 5.42. The summed E-state index contributed by atoms with van der Waals surface area (Å²) in [5, 5.41) is 5.46. The molecule has 1 aliphatic carbocycles. The molecule has 24 heavy (non-hydrogen) atoms. The molecule has 1 aromatic carbocycles. The van der Waals surface area contributed by atoms with E-state index >= 15 is 0 Å². The summed E-state index contributed by atoms with van der Waals surface area (Å²) < 4.78 is 24.5. The van der Waals surface area contributed by atoms with E-state index < -0.39 is 11.0 Å². The highest BCUT2D eigenvalue weighted by molar-refractivity contribution is 8.15. The molecule has 1 aliphatic heterocycles. The third kappa shape index (κ3) is 4.94. The van der Waals surface area contributed by atoms with Gasteiger partial charge in [0.1, 0.15) is 5.25 Å². The van der Waals surface area contributed by atoms with Gasteiger partial charge in [0.2, 0.25) is 11.8 Å². The fourth-order valence-corrected chi connectivity index (χ4v) is 3.61. The predicted octanol–water partition coefficient (Wildman–Crippen LogP) is 3.08. The summed E-state index contributed by atoms with van der Waals surface area (Å²) in [4.78, 5) is 28.7. The molecule has 0 bridgehead atoms. The minimum absolute atomic E-state index is 0.0354. The third-order valence-corrected chi connectivity index (χ3v) is 5.18. The molecule has 1 aromatic rings. The van der Waals surface area contributed by atoms with Crippen LogP contribution >= 0.6 is 23.5 Å². The highest BCUT2D eigenvalue weighted by atomic mass is 32.2. The maximum atomic E-state index is 12.3. The number of hydrogen-bond acceptors (Lipinski definition) is 5. The number of carbonyl (C=O) groups is 2. The number of benzene rings is 1. The zero-order valence-corrected chi connectivity index (χ0v) is 14.1. The van der Waals surface area contributed by atoms with E-state index in [1.165, 1.54) is 23.9 Å². The molecule has 2 amide bonds. The van der Waals surface area contributed by atoms with Crippen molar-refractivity contribution in [1.29, 1.82) is 0 Å². The number of hydrogen-bond donors (Lipinski definition) is 2. The zero-order valence-electron chi connectivity index (χ0n) is 12.5. The molecule has 1 heterocycles. The number of nitrogens with zero attached hydrogens (tertiary/aromatic N) is 1. The summed E-state index contributed by atoms with van der Waals surface area (Å²) in [6.45, 7) is 0. The Morgan fingerprint density at radius 2 is 2.08 bits per heavy atom. The SMILES string of the molecule is O=C(C[C@@H]1SC(=NC2CC2)NC1=O)Nc1ccc(SC(F)F)cc1. The second-order valence-corrected chi connectivity index (χ2v) is 7.67. The lowest BCUT2D eigenvalue weighted by molar-refractivity contribution is -0.122. The zero-order chi connectivity index (χ0) is 17.1. The number of nitrogens with one attached hydrogen (secondary N) is 2. The first-order valence-corrected chi connectivity index (χ1v) is 9.15. The fraction of sp³-hybridized carbons (Fsp3) is 0.400. The van der Waals surface area contributed by atoms with Crippen LogP contribution in [0.3, 0.4) is 0 Å². The Hall–Kier alpha value is -1.61. The molecule has 1 saturated carbocycles. The van der Waals surface area contributed by atoms with Crippen LogP contribution in [-0.4, -0.2) is 34.0 Å². The molecule has 1 saturated heterocycles. The molecule has 5 nitrogen and oxygen atoms in total.